The van der Waals surface area contributed by atoms with E-state index in [1.807, 2.05) is 38.4 Å². The molecule has 3 nitrogen and oxygen atoms in total. The fraction of sp³-hybridized carbons (Fsp3) is 0.241. The topological polar surface area (TPSA) is 29.9 Å². The minimum atomic E-state index is -2.80. The van der Waals surface area contributed by atoms with Crippen LogP contribution in [0.5, 0.6) is 0 Å². The lowest BCUT2D eigenvalue weighted by Gasteiger charge is -2.16. The molecule has 3 aromatic heterocycles. The molecule has 0 N–H and O–H groups in total. The van der Waals surface area contributed by atoms with Gasteiger partial charge in [-0.2, -0.15) is 0 Å². The number of aryl methyl sites for hydroxylation is 3. The number of rotatable bonds is 2. The smallest absolute Gasteiger partial charge is 0.227 e. The van der Waals surface area contributed by atoms with Gasteiger partial charge in [0.1, 0.15) is 7.05 Å². The molecular formula is C29H29N2O+. The molecule has 2 aromatic carbocycles. The molecule has 0 aliphatic heterocycles. The van der Waals surface area contributed by atoms with Crippen LogP contribution in [-0.4, -0.2) is 4.98 Å². The molecule has 0 saturated heterocycles. The third kappa shape index (κ3) is 3.29. The van der Waals surface area contributed by atoms with Crippen LogP contribution in [0.3, 0.4) is 0 Å². The molecule has 5 rings (SSSR count). The maximum atomic E-state index is 8.01. The molecule has 0 aliphatic carbocycles. The molecule has 3 heteroatoms. The summed E-state index contributed by atoms with van der Waals surface area (Å²) in [5.41, 5.74) is 4.77. The lowest BCUT2D eigenvalue weighted by atomic mass is 9.91. The van der Waals surface area contributed by atoms with Gasteiger partial charge >= 0.3 is 0 Å². The van der Waals surface area contributed by atoms with Crippen molar-refractivity contribution >= 4 is 22.1 Å². The quantitative estimate of drug-likeness (QED) is 0.282. The summed E-state index contributed by atoms with van der Waals surface area (Å²) in [6.45, 7) is -0.301. The molecule has 0 saturated carbocycles. The second-order valence-electron chi connectivity index (χ2n) is 8.66. The van der Waals surface area contributed by atoms with E-state index in [-0.39, 0.29) is 11.4 Å². The van der Waals surface area contributed by atoms with E-state index in [0.717, 1.165) is 33.3 Å². The summed E-state index contributed by atoms with van der Waals surface area (Å²) in [6.07, 6.45) is 1.99. The molecule has 0 spiro atoms. The van der Waals surface area contributed by atoms with E-state index in [9.17, 15) is 0 Å². The van der Waals surface area contributed by atoms with Gasteiger partial charge in [0.2, 0.25) is 11.4 Å². The lowest BCUT2D eigenvalue weighted by molar-refractivity contribution is -0.659. The maximum Gasteiger partial charge on any atom is 0.227 e. The van der Waals surface area contributed by atoms with Gasteiger partial charge in [-0.25, -0.2) is 9.55 Å². The van der Waals surface area contributed by atoms with Gasteiger partial charge in [0.25, 0.3) is 0 Å². The van der Waals surface area contributed by atoms with E-state index in [1.165, 1.54) is 18.6 Å². The SMILES string of the molecule is [2H]C([2H])([2H])C(C)(c1ccc2c(n1)oc1c(-c3c(-c4ccc(C)cc4)ccc[n+]3C)c(C)ccc12)C([2H])([2H])[2H]. The Bertz CT molecular complexity index is 1670. The van der Waals surface area contributed by atoms with Gasteiger partial charge in [-0.1, -0.05) is 62.6 Å². The van der Waals surface area contributed by atoms with E-state index in [0.29, 0.717) is 11.0 Å². The zero-order chi connectivity index (χ0) is 27.6. The summed E-state index contributed by atoms with van der Waals surface area (Å²) in [5, 5.41) is 1.52. The van der Waals surface area contributed by atoms with E-state index in [4.69, 9.17) is 12.6 Å². The molecule has 0 radical (unpaired) electrons. The Hall–Kier alpha value is -3.46. The molecular weight excluding hydrogens is 392 g/mol. The fourth-order valence-corrected chi connectivity index (χ4v) is 4.28. The predicted octanol–water partition coefficient (Wildman–Crippen LogP) is 7.05. The van der Waals surface area contributed by atoms with Crippen LogP contribution in [0, 0.1) is 13.8 Å². The molecule has 160 valence electrons. The number of aromatic nitrogens is 2. The second kappa shape index (κ2) is 7.30. The Morgan fingerprint density at radius 3 is 2.44 bits per heavy atom. The summed E-state index contributed by atoms with van der Waals surface area (Å²) in [5.74, 6) is 0. The zero-order valence-corrected chi connectivity index (χ0v) is 18.7. The standard InChI is InChI=1S/C29H29N2O/c1-18-9-12-20(13-10-18)21-8-7-17-31(6)26(21)25-19(2)11-14-22-23-15-16-24(29(3,4)5)30-28(23)32-27(22)25/h7-17H,1-6H3/q+1/i3D3,4D3. The molecule has 0 atom stereocenters. The molecule has 0 fully saturated rings. The number of hydrogen-bond donors (Lipinski definition) is 0. The Labute approximate surface area is 197 Å². The van der Waals surface area contributed by atoms with Crippen molar-refractivity contribution < 1.29 is 17.2 Å². The van der Waals surface area contributed by atoms with E-state index < -0.39 is 19.1 Å². The van der Waals surface area contributed by atoms with Crippen molar-refractivity contribution in [3.05, 3.63) is 83.7 Å². The van der Waals surface area contributed by atoms with Crippen molar-refractivity contribution in [2.24, 2.45) is 7.05 Å². The fourth-order valence-electron chi connectivity index (χ4n) is 4.28. The highest BCUT2D eigenvalue weighted by molar-refractivity contribution is 6.09. The number of benzene rings is 2. The van der Waals surface area contributed by atoms with Crippen molar-refractivity contribution in [3.8, 4) is 22.4 Å². The first-order chi connectivity index (χ1) is 17.7. The molecule has 0 unspecified atom stereocenters. The average molecular weight is 428 g/mol. The molecule has 5 aromatic rings. The van der Waals surface area contributed by atoms with Crippen LogP contribution >= 0.6 is 0 Å². The van der Waals surface area contributed by atoms with Crippen molar-refractivity contribution in [1.29, 1.82) is 0 Å². The van der Waals surface area contributed by atoms with Gasteiger partial charge in [0.05, 0.1) is 11.1 Å². The number of pyridine rings is 2. The van der Waals surface area contributed by atoms with Gasteiger partial charge in [-0.15, -0.1) is 0 Å². The number of furan rings is 1. The molecule has 0 bridgehead atoms. The van der Waals surface area contributed by atoms with E-state index in [1.54, 1.807) is 6.07 Å². The van der Waals surface area contributed by atoms with E-state index in [2.05, 4.69) is 46.8 Å². The number of fused-ring (bicyclic) bond motifs is 3. The first kappa shape index (κ1) is 14.6. The Morgan fingerprint density at radius 2 is 1.69 bits per heavy atom. The maximum absolute atomic E-state index is 8.01. The highest BCUT2D eigenvalue weighted by atomic mass is 16.3. The molecule has 0 aliphatic rings. The summed E-state index contributed by atoms with van der Waals surface area (Å²) in [7, 11) is 1.99. The Balaban J connectivity index is 1.80. The third-order valence-corrected chi connectivity index (χ3v) is 6.01. The van der Waals surface area contributed by atoms with Crippen molar-refractivity contribution in [2.45, 2.75) is 39.9 Å². The van der Waals surface area contributed by atoms with Crippen LogP contribution < -0.4 is 4.57 Å². The van der Waals surface area contributed by atoms with Crippen LogP contribution in [0.4, 0.5) is 0 Å². The highest BCUT2D eigenvalue weighted by Crippen LogP contribution is 2.40. The third-order valence-electron chi connectivity index (χ3n) is 6.01. The molecule has 0 amide bonds. The monoisotopic (exact) mass is 427 g/mol. The van der Waals surface area contributed by atoms with Gasteiger partial charge in [-0.05, 0) is 43.2 Å². The Kier molecular flexibility index (Phi) is 3.33. The average Bonchev–Trinajstić information content (AvgIpc) is 3.20. The van der Waals surface area contributed by atoms with Gasteiger partial charge in [0, 0.05) is 36.2 Å². The molecule has 3 heterocycles. The summed E-state index contributed by atoms with van der Waals surface area (Å²) < 4.78 is 56.5. The van der Waals surface area contributed by atoms with Crippen LogP contribution in [0.15, 0.2) is 71.3 Å². The first-order valence-corrected chi connectivity index (χ1v) is 10.6. The first-order valence-electron chi connectivity index (χ1n) is 13.6. The number of hydrogen-bond acceptors (Lipinski definition) is 2. The normalized spacial score (nSPS) is 15.6. The van der Waals surface area contributed by atoms with Crippen LogP contribution in [0.2, 0.25) is 0 Å². The van der Waals surface area contributed by atoms with Crippen molar-refractivity contribution in [2.75, 3.05) is 0 Å². The summed E-state index contributed by atoms with van der Waals surface area (Å²) in [6, 6.07) is 19.6. The van der Waals surface area contributed by atoms with E-state index >= 15 is 0 Å². The molecule has 32 heavy (non-hydrogen) atoms. The minimum Gasteiger partial charge on any atom is -0.437 e. The largest absolute Gasteiger partial charge is 0.437 e. The Morgan fingerprint density at radius 1 is 0.938 bits per heavy atom. The summed E-state index contributed by atoms with van der Waals surface area (Å²) >= 11 is 0. The number of nitrogens with zero attached hydrogens (tertiary/aromatic N) is 2. The minimum absolute atomic E-state index is 0.0482. The lowest BCUT2D eigenvalue weighted by Crippen LogP contribution is -2.31. The van der Waals surface area contributed by atoms with Crippen molar-refractivity contribution in [1.82, 2.24) is 4.98 Å². The van der Waals surface area contributed by atoms with Gasteiger partial charge < -0.3 is 4.42 Å². The van der Waals surface area contributed by atoms with Crippen LogP contribution in [-0.2, 0) is 12.5 Å². The van der Waals surface area contributed by atoms with Crippen LogP contribution in [0.1, 0.15) is 45.7 Å². The van der Waals surface area contributed by atoms with Gasteiger partial charge in [0.15, 0.2) is 11.8 Å². The predicted molar refractivity (Wildman–Crippen MR) is 132 cm³/mol. The van der Waals surface area contributed by atoms with Gasteiger partial charge in [-0.3, -0.25) is 0 Å². The zero-order valence-electron chi connectivity index (χ0n) is 24.7. The highest BCUT2D eigenvalue weighted by Gasteiger charge is 2.25. The van der Waals surface area contributed by atoms with Crippen LogP contribution in [0.25, 0.3) is 44.5 Å². The van der Waals surface area contributed by atoms with Crippen molar-refractivity contribution in [3.63, 3.8) is 0 Å². The summed E-state index contributed by atoms with van der Waals surface area (Å²) in [4.78, 5) is 4.50. The second-order valence-corrected chi connectivity index (χ2v) is 8.66.